The van der Waals surface area contributed by atoms with Gasteiger partial charge < -0.3 is 15.3 Å². The molecule has 160 valence electrons. The summed E-state index contributed by atoms with van der Waals surface area (Å²) in [5, 5.41) is 29.6. The molecular formula is C23H38O5. The van der Waals surface area contributed by atoms with Gasteiger partial charge in [-0.3, -0.25) is 9.59 Å². The maximum atomic E-state index is 12.6. The highest BCUT2D eigenvalue weighted by Gasteiger charge is 2.46. The zero-order chi connectivity index (χ0) is 21.1. The van der Waals surface area contributed by atoms with E-state index in [2.05, 4.69) is 6.92 Å². The SMILES string of the molecule is CCCCCC[C@H](O)C=C(C)[C@H]1[C@H](O)C(C)C(=O)[C@@H]1C/C=C\CCCC(=O)O. The van der Waals surface area contributed by atoms with Gasteiger partial charge in [0.15, 0.2) is 0 Å². The molecule has 0 spiro atoms. The zero-order valence-electron chi connectivity index (χ0n) is 17.6. The Kier molecular flexibility index (Phi) is 11.3. The number of carboxylic acids is 1. The Labute approximate surface area is 169 Å². The van der Waals surface area contributed by atoms with E-state index in [0.29, 0.717) is 25.7 Å². The van der Waals surface area contributed by atoms with Crippen molar-refractivity contribution in [3.05, 3.63) is 23.8 Å². The fourth-order valence-corrected chi connectivity index (χ4v) is 4.09. The molecule has 0 heterocycles. The van der Waals surface area contributed by atoms with Crippen molar-refractivity contribution in [3.8, 4) is 0 Å². The summed E-state index contributed by atoms with van der Waals surface area (Å²) in [7, 11) is 0. The van der Waals surface area contributed by atoms with Crippen molar-refractivity contribution >= 4 is 11.8 Å². The van der Waals surface area contributed by atoms with Crippen molar-refractivity contribution in [2.75, 3.05) is 0 Å². The molecule has 5 heteroatoms. The van der Waals surface area contributed by atoms with Gasteiger partial charge in [-0.05, 0) is 32.6 Å². The molecule has 5 atom stereocenters. The lowest BCUT2D eigenvalue weighted by Gasteiger charge is -2.22. The predicted molar refractivity (Wildman–Crippen MR) is 111 cm³/mol. The van der Waals surface area contributed by atoms with Gasteiger partial charge in [0.25, 0.3) is 0 Å². The number of hydrogen-bond donors (Lipinski definition) is 3. The standard InChI is InChI=1S/C23H38O5/c1-4-5-6-9-12-18(24)15-16(2)21-19(22(27)17(3)23(21)28)13-10-7-8-11-14-20(25)26/h7,10,15,17-19,21,23-24,28H,4-6,8-9,11-14H2,1-3H3,(H,25,26)/b10-7-,16-15?/t17?,18-,19+,21+,23+/m0/s1. The fourth-order valence-electron chi connectivity index (χ4n) is 4.09. The zero-order valence-corrected chi connectivity index (χ0v) is 17.6. The molecule has 5 nitrogen and oxygen atoms in total. The van der Waals surface area contributed by atoms with Gasteiger partial charge in [-0.25, -0.2) is 0 Å². The molecule has 0 aromatic rings. The van der Waals surface area contributed by atoms with Crippen LogP contribution in [0, 0.1) is 17.8 Å². The minimum Gasteiger partial charge on any atom is -0.481 e. The normalized spacial score (nSPS) is 26.9. The average molecular weight is 395 g/mol. The summed E-state index contributed by atoms with van der Waals surface area (Å²) < 4.78 is 0. The van der Waals surface area contributed by atoms with Crippen molar-refractivity contribution in [2.45, 2.75) is 90.8 Å². The number of Topliss-reactive ketones (excluding diaryl/α,β-unsaturated/α-hetero) is 1. The Hall–Kier alpha value is -1.46. The number of carbonyl (C=O) groups excluding carboxylic acids is 1. The Bertz CT molecular complexity index is 551. The number of allylic oxidation sites excluding steroid dienone is 2. The molecule has 0 amide bonds. The fraction of sp³-hybridized carbons (Fsp3) is 0.739. The summed E-state index contributed by atoms with van der Waals surface area (Å²) >= 11 is 0. The topological polar surface area (TPSA) is 94.8 Å². The van der Waals surface area contributed by atoms with Gasteiger partial charge in [-0.1, -0.05) is 63.3 Å². The summed E-state index contributed by atoms with van der Waals surface area (Å²) in [6.07, 6.45) is 11.4. The molecule has 28 heavy (non-hydrogen) atoms. The van der Waals surface area contributed by atoms with Gasteiger partial charge >= 0.3 is 5.97 Å². The van der Waals surface area contributed by atoms with Crippen molar-refractivity contribution in [1.82, 2.24) is 0 Å². The largest absolute Gasteiger partial charge is 0.481 e. The van der Waals surface area contributed by atoms with Gasteiger partial charge in [0.2, 0.25) is 0 Å². The Morgan fingerprint density at radius 3 is 2.54 bits per heavy atom. The van der Waals surface area contributed by atoms with Crippen LogP contribution in [0.4, 0.5) is 0 Å². The van der Waals surface area contributed by atoms with Crippen LogP contribution in [0.2, 0.25) is 0 Å². The first-order valence-corrected chi connectivity index (χ1v) is 10.7. The van der Waals surface area contributed by atoms with Crippen LogP contribution in [0.5, 0.6) is 0 Å². The molecule has 0 radical (unpaired) electrons. The van der Waals surface area contributed by atoms with Gasteiger partial charge in [-0.15, -0.1) is 0 Å². The number of unbranched alkanes of at least 4 members (excludes halogenated alkanes) is 4. The minimum absolute atomic E-state index is 0.0675. The number of hydrogen-bond acceptors (Lipinski definition) is 4. The third-order valence-electron chi connectivity index (χ3n) is 5.78. The second kappa shape index (κ2) is 12.9. The van der Waals surface area contributed by atoms with E-state index in [4.69, 9.17) is 5.11 Å². The van der Waals surface area contributed by atoms with Crippen LogP contribution < -0.4 is 0 Å². The van der Waals surface area contributed by atoms with E-state index in [-0.39, 0.29) is 24.0 Å². The maximum absolute atomic E-state index is 12.6. The molecule has 1 unspecified atom stereocenters. The second-order valence-electron chi connectivity index (χ2n) is 8.13. The molecule has 3 N–H and O–H groups in total. The van der Waals surface area contributed by atoms with Crippen LogP contribution in [-0.2, 0) is 9.59 Å². The lowest BCUT2D eigenvalue weighted by Crippen LogP contribution is -2.24. The second-order valence-corrected chi connectivity index (χ2v) is 8.13. The van der Waals surface area contributed by atoms with E-state index in [9.17, 15) is 19.8 Å². The first-order chi connectivity index (χ1) is 13.3. The molecule has 0 aliphatic heterocycles. The first kappa shape index (κ1) is 24.6. The first-order valence-electron chi connectivity index (χ1n) is 10.7. The van der Waals surface area contributed by atoms with Crippen molar-refractivity contribution in [3.63, 3.8) is 0 Å². The van der Waals surface area contributed by atoms with Crippen molar-refractivity contribution in [1.29, 1.82) is 0 Å². The molecule has 1 fully saturated rings. The molecule has 1 saturated carbocycles. The number of aliphatic hydroxyl groups excluding tert-OH is 2. The predicted octanol–water partition coefficient (Wildman–Crippen LogP) is 4.28. The molecule has 0 bridgehead atoms. The highest BCUT2D eigenvalue weighted by Crippen LogP contribution is 2.40. The van der Waals surface area contributed by atoms with Gasteiger partial charge in [0.05, 0.1) is 12.2 Å². The molecule has 0 saturated heterocycles. The monoisotopic (exact) mass is 394 g/mol. The third-order valence-corrected chi connectivity index (χ3v) is 5.78. The van der Waals surface area contributed by atoms with Crippen LogP contribution in [-0.4, -0.2) is 39.3 Å². The number of aliphatic hydroxyl groups is 2. The Balaban J connectivity index is 2.68. The molecule has 1 aliphatic rings. The maximum Gasteiger partial charge on any atom is 0.303 e. The number of carbonyl (C=O) groups is 2. The van der Waals surface area contributed by atoms with E-state index in [1.54, 1.807) is 6.92 Å². The molecule has 0 aromatic heterocycles. The molecule has 0 aromatic carbocycles. The average Bonchev–Trinajstić information content (AvgIpc) is 2.85. The lowest BCUT2D eigenvalue weighted by atomic mass is 9.84. The molecular weight excluding hydrogens is 356 g/mol. The summed E-state index contributed by atoms with van der Waals surface area (Å²) in [5.41, 5.74) is 0.887. The number of aliphatic carboxylic acids is 1. The number of ketones is 1. The van der Waals surface area contributed by atoms with Gasteiger partial charge in [-0.2, -0.15) is 0 Å². The highest BCUT2D eigenvalue weighted by atomic mass is 16.4. The van der Waals surface area contributed by atoms with Crippen LogP contribution in [0.25, 0.3) is 0 Å². The van der Waals surface area contributed by atoms with Gasteiger partial charge in [0.1, 0.15) is 5.78 Å². The van der Waals surface area contributed by atoms with Crippen molar-refractivity contribution in [2.24, 2.45) is 17.8 Å². The quantitative estimate of drug-likeness (QED) is 0.320. The highest BCUT2D eigenvalue weighted by molar-refractivity contribution is 5.87. The summed E-state index contributed by atoms with van der Waals surface area (Å²) in [6, 6.07) is 0. The summed E-state index contributed by atoms with van der Waals surface area (Å²) in [4.78, 5) is 23.1. The summed E-state index contributed by atoms with van der Waals surface area (Å²) in [6.45, 7) is 5.82. The Morgan fingerprint density at radius 1 is 1.18 bits per heavy atom. The van der Waals surface area contributed by atoms with Crippen LogP contribution >= 0.6 is 0 Å². The van der Waals surface area contributed by atoms with Gasteiger partial charge in [0, 0.05) is 24.2 Å². The van der Waals surface area contributed by atoms with Crippen molar-refractivity contribution < 1.29 is 24.9 Å². The van der Waals surface area contributed by atoms with E-state index >= 15 is 0 Å². The number of rotatable bonds is 13. The van der Waals surface area contributed by atoms with Crippen LogP contribution in [0.15, 0.2) is 23.8 Å². The lowest BCUT2D eigenvalue weighted by molar-refractivity contribution is -0.137. The van der Waals surface area contributed by atoms with E-state index in [1.165, 1.54) is 6.42 Å². The minimum atomic E-state index is -0.801. The number of carboxylic acid groups (broad SMARTS) is 1. The summed E-state index contributed by atoms with van der Waals surface area (Å²) in [5.74, 6) is -1.69. The molecule has 1 aliphatic carbocycles. The van der Waals surface area contributed by atoms with E-state index < -0.39 is 24.1 Å². The van der Waals surface area contributed by atoms with Crippen LogP contribution in [0.3, 0.4) is 0 Å². The third kappa shape index (κ3) is 7.88. The Morgan fingerprint density at radius 2 is 1.89 bits per heavy atom. The van der Waals surface area contributed by atoms with Crippen LogP contribution in [0.1, 0.15) is 78.6 Å². The van der Waals surface area contributed by atoms with E-state index in [0.717, 1.165) is 24.8 Å². The molecule has 1 rings (SSSR count). The smallest absolute Gasteiger partial charge is 0.303 e. The van der Waals surface area contributed by atoms with E-state index in [1.807, 2.05) is 25.2 Å².